The number of ether oxygens (including phenoxy) is 2. The molecule has 0 heterocycles. The van der Waals surface area contributed by atoms with Gasteiger partial charge in [-0.1, -0.05) is 30.3 Å². The van der Waals surface area contributed by atoms with Crippen LogP contribution in [0.15, 0.2) is 30.3 Å². The Balaban J connectivity index is 2.47. The molecular formula is C18H25O7P. The molecule has 144 valence electrons. The summed E-state index contributed by atoms with van der Waals surface area (Å²) in [6.45, 7) is 0. The molecule has 0 radical (unpaired) electrons. The second-order valence-electron chi connectivity index (χ2n) is 6.41. The van der Waals surface area contributed by atoms with Crippen LogP contribution >= 0.6 is 7.60 Å². The summed E-state index contributed by atoms with van der Waals surface area (Å²) in [5.74, 6) is -1.75. The van der Waals surface area contributed by atoms with E-state index in [-0.39, 0.29) is 30.8 Å². The van der Waals surface area contributed by atoms with Crippen LogP contribution in [0.2, 0.25) is 0 Å². The molecule has 7 nitrogen and oxygen atoms in total. The molecule has 26 heavy (non-hydrogen) atoms. The second-order valence-corrected chi connectivity index (χ2v) is 8.73. The van der Waals surface area contributed by atoms with Gasteiger partial charge in [-0.15, -0.1) is 0 Å². The smallest absolute Gasteiger partial charge is 0.330 e. The highest BCUT2D eigenvalue weighted by atomic mass is 31.2. The zero-order valence-electron chi connectivity index (χ0n) is 15.5. The van der Waals surface area contributed by atoms with E-state index in [4.69, 9.17) is 18.5 Å². The van der Waals surface area contributed by atoms with Crippen molar-refractivity contribution in [3.8, 4) is 0 Å². The van der Waals surface area contributed by atoms with Crippen molar-refractivity contribution in [2.45, 2.75) is 18.8 Å². The molecule has 0 spiro atoms. The molecule has 1 aliphatic rings. The maximum atomic E-state index is 12.7. The van der Waals surface area contributed by atoms with Crippen molar-refractivity contribution in [1.29, 1.82) is 0 Å². The average Bonchev–Trinajstić information content (AvgIpc) is 3.07. The van der Waals surface area contributed by atoms with Crippen LogP contribution in [0.1, 0.15) is 24.3 Å². The first-order chi connectivity index (χ1) is 12.4. The third-order valence-corrected chi connectivity index (χ3v) is 7.17. The number of methoxy groups -OCH3 is 2. The van der Waals surface area contributed by atoms with Gasteiger partial charge in [-0.25, -0.2) is 0 Å². The van der Waals surface area contributed by atoms with Crippen molar-refractivity contribution < 1.29 is 32.7 Å². The summed E-state index contributed by atoms with van der Waals surface area (Å²) >= 11 is 0. The molecule has 0 saturated heterocycles. The predicted octanol–water partition coefficient (Wildman–Crippen LogP) is 3.00. The van der Waals surface area contributed by atoms with E-state index < -0.39 is 24.9 Å². The van der Waals surface area contributed by atoms with Crippen LogP contribution in [-0.2, 0) is 32.7 Å². The minimum atomic E-state index is -3.33. The number of hydrogen-bond donors (Lipinski definition) is 0. The van der Waals surface area contributed by atoms with E-state index in [0.29, 0.717) is 0 Å². The lowest BCUT2D eigenvalue weighted by molar-refractivity contribution is -0.168. The second kappa shape index (κ2) is 8.33. The third-order valence-electron chi connectivity index (χ3n) is 5.14. The minimum Gasteiger partial charge on any atom is -0.468 e. The van der Waals surface area contributed by atoms with Gasteiger partial charge in [0.15, 0.2) is 5.41 Å². The molecule has 0 amide bonds. The van der Waals surface area contributed by atoms with Crippen molar-refractivity contribution in [3.05, 3.63) is 35.9 Å². The largest absolute Gasteiger partial charge is 0.468 e. The van der Waals surface area contributed by atoms with Gasteiger partial charge < -0.3 is 18.5 Å². The highest BCUT2D eigenvalue weighted by Crippen LogP contribution is 2.58. The molecule has 1 aromatic carbocycles. The van der Waals surface area contributed by atoms with E-state index in [1.807, 2.05) is 30.3 Å². The molecule has 1 fully saturated rings. The monoisotopic (exact) mass is 384 g/mol. The van der Waals surface area contributed by atoms with Crippen LogP contribution in [0.4, 0.5) is 0 Å². The maximum absolute atomic E-state index is 12.7. The summed E-state index contributed by atoms with van der Waals surface area (Å²) in [7, 11) is 1.81. The van der Waals surface area contributed by atoms with E-state index in [1.165, 1.54) is 28.4 Å². The highest BCUT2D eigenvalue weighted by molar-refractivity contribution is 7.53. The predicted molar refractivity (Wildman–Crippen MR) is 94.9 cm³/mol. The first kappa shape index (κ1) is 20.6. The van der Waals surface area contributed by atoms with Gasteiger partial charge in [0, 0.05) is 14.2 Å². The van der Waals surface area contributed by atoms with Gasteiger partial charge in [-0.3, -0.25) is 14.2 Å². The first-order valence-corrected chi connectivity index (χ1v) is 10.0. The number of esters is 2. The molecule has 0 N–H and O–H groups in total. The van der Waals surface area contributed by atoms with Crippen LogP contribution in [0.25, 0.3) is 0 Å². The van der Waals surface area contributed by atoms with Gasteiger partial charge in [0.25, 0.3) is 0 Å². The summed E-state index contributed by atoms with van der Waals surface area (Å²) in [4.78, 5) is 25.0. The van der Waals surface area contributed by atoms with Gasteiger partial charge in [-0.2, -0.15) is 0 Å². The fourth-order valence-corrected chi connectivity index (χ4v) is 5.22. The van der Waals surface area contributed by atoms with Gasteiger partial charge in [0.05, 0.1) is 20.4 Å². The Morgan fingerprint density at radius 3 is 2.00 bits per heavy atom. The van der Waals surface area contributed by atoms with Crippen molar-refractivity contribution in [3.63, 3.8) is 0 Å². The van der Waals surface area contributed by atoms with E-state index in [0.717, 1.165) is 5.56 Å². The van der Waals surface area contributed by atoms with E-state index in [1.54, 1.807) is 0 Å². The topological polar surface area (TPSA) is 88.1 Å². The summed E-state index contributed by atoms with van der Waals surface area (Å²) in [5.41, 5.74) is -0.480. The Morgan fingerprint density at radius 2 is 1.54 bits per heavy atom. The fourth-order valence-electron chi connectivity index (χ4n) is 3.82. The third kappa shape index (κ3) is 3.85. The lowest BCUT2D eigenvalue weighted by Crippen LogP contribution is -2.39. The van der Waals surface area contributed by atoms with E-state index in [9.17, 15) is 14.2 Å². The van der Waals surface area contributed by atoms with Crippen LogP contribution < -0.4 is 0 Å². The molecule has 2 atom stereocenters. The number of rotatable bonds is 7. The number of carbonyl (C=O) groups is 2. The Bertz CT molecular complexity index is 664. The van der Waals surface area contributed by atoms with Crippen molar-refractivity contribution in [2.24, 2.45) is 11.3 Å². The molecule has 0 aliphatic heterocycles. The molecular weight excluding hydrogens is 359 g/mol. The Morgan fingerprint density at radius 1 is 1.00 bits per heavy atom. The summed E-state index contributed by atoms with van der Waals surface area (Å²) in [5, 5.41) is 0. The highest BCUT2D eigenvalue weighted by Gasteiger charge is 2.58. The zero-order chi connectivity index (χ0) is 19.4. The first-order valence-electron chi connectivity index (χ1n) is 8.28. The van der Waals surface area contributed by atoms with Crippen molar-refractivity contribution in [2.75, 3.05) is 34.6 Å². The molecule has 1 saturated carbocycles. The normalized spacial score (nSPS) is 22.0. The van der Waals surface area contributed by atoms with Gasteiger partial charge in [-0.05, 0) is 30.2 Å². The summed E-state index contributed by atoms with van der Waals surface area (Å²) < 4.78 is 32.7. The Labute approximate surface area is 153 Å². The molecule has 1 unspecified atom stereocenters. The summed E-state index contributed by atoms with van der Waals surface area (Å²) in [6.07, 6.45) is 0.465. The lowest BCUT2D eigenvalue weighted by Gasteiger charge is -2.24. The zero-order valence-corrected chi connectivity index (χ0v) is 16.4. The number of carbonyl (C=O) groups excluding carboxylic acids is 2. The number of hydrogen-bond acceptors (Lipinski definition) is 7. The SMILES string of the molecule is COC(=O)C1(C(=O)OC)CC(c2ccccc2)[C@@H](CP(=O)(OC)OC)C1. The molecule has 2 rings (SSSR count). The van der Waals surface area contributed by atoms with Crippen LogP contribution in [-0.4, -0.2) is 46.5 Å². The molecule has 0 aromatic heterocycles. The van der Waals surface area contributed by atoms with Gasteiger partial charge >= 0.3 is 19.5 Å². The quantitative estimate of drug-likeness (QED) is 0.406. The van der Waals surface area contributed by atoms with Crippen LogP contribution in [0.5, 0.6) is 0 Å². The fraction of sp³-hybridized carbons (Fsp3) is 0.556. The van der Waals surface area contributed by atoms with Crippen molar-refractivity contribution >= 4 is 19.5 Å². The molecule has 8 heteroatoms. The van der Waals surface area contributed by atoms with Crippen molar-refractivity contribution in [1.82, 2.24) is 0 Å². The molecule has 1 aromatic rings. The van der Waals surface area contributed by atoms with Crippen LogP contribution in [0, 0.1) is 11.3 Å². The Kier molecular flexibility index (Phi) is 6.61. The lowest BCUT2D eigenvalue weighted by atomic mass is 9.84. The van der Waals surface area contributed by atoms with Gasteiger partial charge in [0.2, 0.25) is 0 Å². The average molecular weight is 384 g/mol. The van der Waals surface area contributed by atoms with Gasteiger partial charge in [0.1, 0.15) is 0 Å². The molecule has 1 aliphatic carbocycles. The van der Waals surface area contributed by atoms with E-state index in [2.05, 4.69) is 0 Å². The molecule has 0 bridgehead atoms. The number of benzene rings is 1. The minimum absolute atomic E-state index is 0.0926. The Hall–Kier alpha value is -1.69. The standard InChI is InChI=1S/C18H25O7P/c1-22-16(19)18(17(20)23-2)10-14(12-26(21,24-3)25-4)15(11-18)13-8-6-5-7-9-13/h5-9,14-15H,10-12H2,1-4H3/t14-,15?/m1/s1. The van der Waals surface area contributed by atoms with E-state index >= 15 is 0 Å². The summed E-state index contributed by atoms with van der Waals surface area (Å²) in [6, 6.07) is 9.50. The maximum Gasteiger partial charge on any atom is 0.330 e. The van der Waals surface area contributed by atoms with Crippen LogP contribution in [0.3, 0.4) is 0 Å².